The number of hydrogen-bond acceptors (Lipinski definition) is 0. The summed E-state index contributed by atoms with van der Waals surface area (Å²) in [5.41, 5.74) is 21.4. The van der Waals surface area contributed by atoms with Gasteiger partial charge in [0.05, 0.1) is 0 Å². The highest BCUT2D eigenvalue weighted by Crippen LogP contribution is 2.35. The molecule has 0 saturated heterocycles. The minimum absolute atomic E-state index is 0.393. The molecule has 0 unspecified atom stereocenters. The van der Waals surface area contributed by atoms with Crippen molar-refractivity contribution in [1.29, 1.82) is 0 Å². The summed E-state index contributed by atoms with van der Waals surface area (Å²) in [5, 5.41) is 0. The Morgan fingerprint density at radius 2 is 0.436 bits per heavy atom. The highest BCUT2D eigenvalue weighted by Gasteiger charge is 2.27. The first-order valence-electron chi connectivity index (χ1n) is 29.2. The Morgan fingerprint density at radius 3 is 0.590 bits per heavy atom. The minimum Gasteiger partial charge on any atom is -0.232 e. The maximum absolute atomic E-state index is 2.54. The van der Waals surface area contributed by atoms with Crippen LogP contribution < -0.4 is 18.3 Å². The van der Waals surface area contributed by atoms with Crippen LogP contribution in [0.5, 0.6) is 0 Å². The van der Waals surface area contributed by atoms with Gasteiger partial charge < -0.3 is 0 Å². The second kappa shape index (κ2) is 23.5. The smallest absolute Gasteiger partial charge is 0.232 e. The molecule has 0 amide bonds. The molecule has 0 N–H and O–H groups in total. The molecule has 4 aromatic heterocycles. The van der Waals surface area contributed by atoms with Crippen LogP contribution in [0.25, 0.3) is 22.7 Å². The van der Waals surface area contributed by atoms with E-state index in [9.17, 15) is 0 Å². The maximum Gasteiger partial charge on any atom is 0.249 e. The lowest BCUT2D eigenvalue weighted by Crippen LogP contribution is -2.38. The van der Waals surface area contributed by atoms with E-state index in [1.54, 1.807) is 0 Å². The van der Waals surface area contributed by atoms with Crippen LogP contribution in [-0.4, -0.2) is 18.3 Å². The van der Waals surface area contributed by atoms with Crippen molar-refractivity contribution in [3.8, 4) is 22.7 Å². The Bertz CT molecular complexity index is 2940. The summed E-state index contributed by atoms with van der Waals surface area (Å²) >= 11 is 0. The summed E-state index contributed by atoms with van der Waals surface area (Å²) in [6.07, 6.45) is 27.4. The van der Waals surface area contributed by atoms with Crippen molar-refractivity contribution in [2.75, 3.05) is 0 Å². The van der Waals surface area contributed by atoms with Gasteiger partial charge in [-0.15, -0.1) is 0 Å². The molecule has 0 radical (unpaired) electrons. The van der Waals surface area contributed by atoms with E-state index < -0.39 is 0 Å². The summed E-state index contributed by atoms with van der Waals surface area (Å²) in [6, 6.07) is 32.5. The average Bonchev–Trinajstić information content (AvgIpc) is 4.31. The molecule has 0 aliphatic heterocycles. The lowest BCUT2D eigenvalue weighted by molar-refractivity contribution is -0.694. The summed E-state index contributed by atoms with van der Waals surface area (Å²) < 4.78 is 19.0. The van der Waals surface area contributed by atoms with Gasteiger partial charge in [0, 0.05) is 66.8 Å². The molecule has 406 valence electrons. The Kier molecular flexibility index (Phi) is 16.8. The van der Waals surface area contributed by atoms with Crippen molar-refractivity contribution in [3.63, 3.8) is 0 Å². The number of rotatable bonds is 20. The second-order valence-corrected chi connectivity index (χ2v) is 24.7. The molecule has 0 atom stereocenters. The van der Waals surface area contributed by atoms with Crippen LogP contribution >= 0.6 is 0 Å². The number of aromatic nitrogens is 8. The summed E-state index contributed by atoms with van der Waals surface area (Å²) in [7, 11) is 0. The first kappa shape index (κ1) is 55.7. The van der Waals surface area contributed by atoms with Crippen molar-refractivity contribution < 1.29 is 18.3 Å². The van der Waals surface area contributed by atoms with Crippen molar-refractivity contribution >= 4 is 0 Å². The van der Waals surface area contributed by atoms with E-state index in [0.29, 0.717) is 47.3 Å². The molecular formula is C70H90N8+4. The van der Waals surface area contributed by atoms with E-state index in [0.717, 1.165) is 26.2 Å². The molecule has 0 saturated carbocycles. The lowest BCUT2D eigenvalue weighted by Gasteiger charge is -2.17. The summed E-state index contributed by atoms with van der Waals surface area (Å²) in [4.78, 5) is 0. The van der Waals surface area contributed by atoms with Crippen LogP contribution in [0.3, 0.4) is 0 Å². The predicted octanol–water partition coefficient (Wildman–Crippen LogP) is 15.2. The normalized spacial score (nSPS) is 12.2. The largest absolute Gasteiger partial charge is 0.249 e. The first-order chi connectivity index (χ1) is 37.3. The van der Waals surface area contributed by atoms with E-state index in [4.69, 9.17) is 0 Å². The number of nitrogens with zero attached hydrogens (tertiary/aromatic N) is 8. The fourth-order valence-electron chi connectivity index (χ4n) is 11.9. The van der Waals surface area contributed by atoms with Gasteiger partial charge in [0.1, 0.15) is 98.5 Å². The molecule has 0 aliphatic rings. The topological polar surface area (TPSA) is 35.2 Å². The fraction of sp³-hybridized carbons (Fsp3) is 0.400. The highest BCUT2D eigenvalue weighted by atomic mass is 15.1. The molecule has 78 heavy (non-hydrogen) atoms. The third-order valence-corrected chi connectivity index (χ3v) is 16.1. The van der Waals surface area contributed by atoms with Crippen molar-refractivity contribution in [1.82, 2.24) is 18.3 Å². The van der Waals surface area contributed by atoms with Gasteiger partial charge in [-0.3, -0.25) is 0 Å². The Balaban J connectivity index is 1.20. The lowest BCUT2D eigenvalue weighted by atomic mass is 9.92. The van der Waals surface area contributed by atoms with E-state index in [1.807, 2.05) is 0 Å². The van der Waals surface area contributed by atoms with Gasteiger partial charge >= 0.3 is 0 Å². The maximum atomic E-state index is 2.54. The monoisotopic (exact) mass is 1040 g/mol. The fourth-order valence-corrected chi connectivity index (χ4v) is 11.9. The number of hydrogen-bond donors (Lipinski definition) is 0. The molecule has 9 aromatic rings. The second-order valence-electron chi connectivity index (χ2n) is 24.7. The van der Waals surface area contributed by atoms with Gasteiger partial charge in [-0.1, -0.05) is 184 Å². The number of benzene rings is 5. The molecule has 0 spiro atoms. The third-order valence-electron chi connectivity index (χ3n) is 16.1. The third kappa shape index (κ3) is 11.7. The van der Waals surface area contributed by atoms with Crippen molar-refractivity contribution in [3.05, 3.63) is 227 Å². The molecular weight excluding hydrogens is 953 g/mol. The number of para-hydroxylation sites is 4. The molecule has 9 rings (SSSR count). The van der Waals surface area contributed by atoms with Gasteiger partial charge in [-0.25, -0.2) is 36.5 Å². The molecule has 8 nitrogen and oxygen atoms in total. The Morgan fingerprint density at radius 1 is 0.269 bits per heavy atom. The van der Waals surface area contributed by atoms with Gasteiger partial charge in [0.15, 0.2) is 0 Å². The standard InChI is InChI=1S/C70H90N8/c1-47(2)59-21-17-22-60(48(3)4)67(59)75-33-29-71(43-75)39-55-37-57(41-73-31-35-77(45-73)69-63(51(9)10)25-19-26-64(69)52(11)12)58(42-74-32-36-78(46-74)70-65(53(13)14)27-20-28-66(70)54(15)16)38-56(55)40-72-30-34-76(44-72)68-61(49(5)6)23-18-24-62(68)50(7)8/h17-38,43-54H,39-42H2,1-16H3/q+4. The highest BCUT2D eigenvalue weighted by molar-refractivity contribution is 5.54. The molecule has 4 heterocycles. The van der Waals surface area contributed by atoms with Crippen molar-refractivity contribution in [2.24, 2.45) is 0 Å². The van der Waals surface area contributed by atoms with Crippen LogP contribution in [0.1, 0.15) is 225 Å². The van der Waals surface area contributed by atoms with Crippen LogP contribution in [0.2, 0.25) is 0 Å². The zero-order chi connectivity index (χ0) is 55.7. The van der Waals surface area contributed by atoms with E-state index >= 15 is 0 Å². The SMILES string of the molecule is CC(C)c1cccc(C(C)C)c1-n1cc[n+](Cc2cc(C[n+]3ccn(-c4c(C(C)C)cccc4C(C)C)c3)c(C[n+]3ccn(-c4c(C(C)C)cccc4C(C)C)c3)cc2C[n+]2ccn(-c3c(C(C)C)cccc3C(C)C)c2)c1. The molecule has 0 bridgehead atoms. The molecule has 0 aliphatic carbocycles. The van der Waals surface area contributed by atoms with Crippen LogP contribution in [0.4, 0.5) is 0 Å². The van der Waals surface area contributed by atoms with Gasteiger partial charge in [-0.2, -0.15) is 0 Å². The summed E-state index contributed by atoms with van der Waals surface area (Å²) in [6.45, 7) is 39.9. The van der Waals surface area contributed by atoms with Crippen molar-refractivity contribution in [2.45, 2.75) is 184 Å². The first-order valence-corrected chi connectivity index (χ1v) is 29.2. The van der Waals surface area contributed by atoms with Gasteiger partial charge in [0.25, 0.3) is 0 Å². The van der Waals surface area contributed by atoms with Gasteiger partial charge in [0.2, 0.25) is 25.3 Å². The van der Waals surface area contributed by atoms with E-state index in [2.05, 4.69) is 307 Å². The Hall–Kier alpha value is -7.06. The predicted molar refractivity (Wildman–Crippen MR) is 319 cm³/mol. The van der Waals surface area contributed by atoms with E-state index in [1.165, 1.54) is 89.5 Å². The average molecular weight is 1040 g/mol. The number of imidazole rings is 4. The zero-order valence-corrected chi connectivity index (χ0v) is 50.0. The minimum atomic E-state index is 0.393. The van der Waals surface area contributed by atoms with E-state index in [-0.39, 0.29) is 0 Å². The zero-order valence-electron chi connectivity index (χ0n) is 50.0. The van der Waals surface area contributed by atoms with Crippen LogP contribution in [0, 0.1) is 0 Å². The van der Waals surface area contributed by atoms with Crippen LogP contribution in [-0.2, 0) is 26.2 Å². The molecule has 5 aromatic carbocycles. The Labute approximate surface area is 468 Å². The molecule has 8 heteroatoms. The van der Waals surface area contributed by atoms with Crippen LogP contribution in [0.15, 0.2) is 160 Å². The quantitative estimate of drug-likeness (QED) is 0.0682. The van der Waals surface area contributed by atoms with Gasteiger partial charge in [-0.05, 0) is 59.5 Å². The summed E-state index contributed by atoms with van der Waals surface area (Å²) in [5.74, 6) is 3.15. The molecule has 0 fully saturated rings.